The summed E-state index contributed by atoms with van der Waals surface area (Å²) in [6.45, 7) is 1.86. The van der Waals surface area contributed by atoms with Gasteiger partial charge in [-0.3, -0.25) is 0 Å². The van der Waals surface area contributed by atoms with E-state index in [4.69, 9.17) is 10.5 Å². The Balaban J connectivity index is 2.77. The molecule has 1 unspecified atom stereocenters. The minimum absolute atomic E-state index is 0.0814. The van der Waals surface area contributed by atoms with E-state index in [9.17, 15) is 0 Å². The van der Waals surface area contributed by atoms with Crippen LogP contribution in [0.15, 0.2) is 24.3 Å². The molecule has 0 bridgehead atoms. The fraction of sp³-hybridized carbons (Fsp3) is 0.273. The van der Waals surface area contributed by atoms with Gasteiger partial charge in [-0.05, 0) is 31.2 Å². The summed E-state index contributed by atoms with van der Waals surface area (Å²) in [4.78, 5) is 0. The zero-order chi connectivity index (χ0) is 9.68. The maximum absolute atomic E-state index is 5.50. The van der Waals surface area contributed by atoms with Crippen molar-refractivity contribution in [3.63, 3.8) is 0 Å². The third-order valence-electron chi connectivity index (χ3n) is 1.53. The van der Waals surface area contributed by atoms with Crippen molar-refractivity contribution in [2.24, 2.45) is 5.73 Å². The topological polar surface area (TPSA) is 35.2 Å². The first-order valence-electron chi connectivity index (χ1n) is 4.13. The van der Waals surface area contributed by atoms with Gasteiger partial charge in [0.25, 0.3) is 0 Å². The summed E-state index contributed by atoms with van der Waals surface area (Å²) < 4.78 is 5.02. The predicted octanol–water partition coefficient (Wildman–Crippen LogP) is 1.39. The van der Waals surface area contributed by atoms with E-state index in [1.807, 2.05) is 31.2 Å². The fourth-order valence-electron chi connectivity index (χ4n) is 0.872. The van der Waals surface area contributed by atoms with Crippen LogP contribution >= 0.6 is 0 Å². The Bertz CT molecular complexity index is 316. The Kier molecular flexibility index (Phi) is 3.36. The van der Waals surface area contributed by atoms with Crippen LogP contribution in [0.4, 0.5) is 0 Å². The summed E-state index contributed by atoms with van der Waals surface area (Å²) in [7, 11) is 1.64. The second-order valence-corrected chi connectivity index (χ2v) is 2.79. The van der Waals surface area contributed by atoms with Crippen molar-refractivity contribution in [2.45, 2.75) is 13.0 Å². The maximum Gasteiger partial charge on any atom is 0.118 e. The van der Waals surface area contributed by atoms with E-state index >= 15 is 0 Å². The highest BCUT2D eigenvalue weighted by Gasteiger charge is 1.89. The number of hydrogen-bond donors (Lipinski definition) is 1. The van der Waals surface area contributed by atoms with Gasteiger partial charge in [-0.15, -0.1) is 0 Å². The molecule has 2 heteroatoms. The number of methoxy groups -OCH3 is 1. The zero-order valence-electron chi connectivity index (χ0n) is 7.87. The van der Waals surface area contributed by atoms with Gasteiger partial charge in [0.1, 0.15) is 5.75 Å². The molecule has 2 nitrogen and oxygen atoms in total. The molecule has 0 amide bonds. The molecule has 0 aliphatic rings. The van der Waals surface area contributed by atoms with Crippen LogP contribution in [0.1, 0.15) is 12.5 Å². The van der Waals surface area contributed by atoms with Crippen LogP contribution < -0.4 is 10.5 Å². The Morgan fingerprint density at radius 3 is 2.38 bits per heavy atom. The maximum atomic E-state index is 5.50. The number of hydrogen-bond acceptors (Lipinski definition) is 2. The van der Waals surface area contributed by atoms with E-state index in [0.717, 1.165) is 11.3 Å². The molecule has 1 atom stereocenters. The lowest BCUT2D eigenvalue weighted by molar-refractivity contribution is 0.415. The first kappa shape index (κ1) is 9.63. The van der Waals surface area contributed by atoms with Crippen LogP contribution in [0.25, 0.3) is 0 Å². The average Bonchev–Trinajstić information content (AvgIpc) is 2.15. The molecule has 0 aliphatic carbocycles. The van der Waals surface area contributed by atoms with Crippen molar-refractivity contribution >= 4 is 0 Å². The molecule has 0 saturated carbocycles. The van der Waals surface area contributed by atoms with Crippen LogP contribution in [-0.2, 0) is 0 Å². The minimum atomic E-state index is -0.0814. The third kappa shape index (κ3) is 3.18. The molecule has 0 radical (unpaired) electrons. The van der Waals surface area contributed by atoms with E-state index < -0.39 is 0 Å². The molecule has 1 aromatic rings. The van der Waals surface area contributed by atoms with Gasteiger partial charge in [-0.25, -0.2) is 0 Å². The summed E-state index contributed by atoms with van der Waals surface area (Å²) in [5, 5.41) is 0. The SMILES string of the molecule is COc1ccc(C#CC(C)N)cc1. The predicted molar refractivity (Wildman–Crippen MR) is 53.5 cm³/mol. The van der Waals surface area contributed by atoms with Crippen LogP contribution in [0.5, 0.6) is 5.75 Å². The van der Waals surface area contributed by atoms with E-state index in [0.29, 0.717) is 0 Å². The standard InChI is InChI=1S/C11H13NO/c1-9(12)3-4-10-5-7-11(13-2)8-6-10/h5-9H,12H2,1-2H3. The lowest BCUT2D eigenvalue weighted by Gasteiger charge is -1.97. The van der Waals surface area contributed by atoms with Crippen molar-refractivity contribution in [3.8, 4) is 17.6 Å². The molecule has 1 aromatic carbocycles. The van der Waals surface area contributed by atoms with Crippen molar-refractivity contribution in [1.29, 1.82) is 0 Å². The average molecular weight is 175 g/mol. The number of ether oxygens (including phenoxy) is 1. The van der Waals surface area contributed by atoms with E-state index in [2.05, 4.69) is 11.8 Å². The summed E-state index contributed by atoms with van der Waals surface area (Å²) in [6.07, 6.45) is 0. The van der Waals surface area contributed by atoms with Crippen molar-refractivity contribution in [3.05, 3.63) is 29.8 Å². The zero-order valence-corrected chi connectivity index (χ0v) is 7.87. The van der Waals surface area contributed by atoms with E-state index in [1.165, 1.54) is 0 Å². The van der Waals surface area contributed by atoms with Crippen LogP contribution in [-0.4, -0.2) is 13.2 Å². The first-order valence-corrected chi connectivity index (χ1v) is 4.13. The Morgan fingerprint density at radius 1 is 1.31 bits per heavy atom. The molecular formula is C11H13NO. The smallest absolute Gasteiger partial charge is 0.118 e. The quantitative estimate of drug-likeness (QED) is 0.655. The van der Waals surface area contributed by atoms with Gasteiger partial charge < -0.3 is 10.5 Å². The van der Waals surface area contributed by atoms with Gasteiger partial charge in [0.05, 0.1) is 13.2 Å². The fourth-order valence-corrected chi connectivity index (χ4v) is 0.872. The summed E-state index contributed by atoms with van der Waals surface area (Å²) in [5.74, 6) is 6.69. The second-order valence-electron chi connectivity index (χ2n) is 2.79. The summed E-state index contributed by atoms with van der Waals surface area (Å²) in [6, 6.07) is 7.50. The highest BCUT2D eigenvalue weighted by Crippen LogP contribution is 2.09. The molecule has 0 fully saturated rings. The van der Waals surface area contributed by atoms with Gasteiger partial charge in [0, 0.05) is 5.56 Å². The summed E-state index contributed by atoms with van der Waals surface area (Å²) >= 11 is 0. The van der Waals surface area contributed by atoms with Crippen LogP contribution in [0.2, 0.25) is 0 Å². The molecule has 2 N–H and O–H groups in total. The van der Waals surface area contributed by atoms with Crippen molar-refractivity contribution < 1.29 is 4.74 Å². The largest absolute Gasteiger partial charge is 0.497 e. The lowest BCUT2D eigenvalue weighted by Crippen LogP contribution is -2.10. The molecule has 13 heavy (non-hydrogen) atoms. The molecule has 1 rings (SSSR count). The molecule has 0 aromatic heterocycles. The van der Waals surface area contributed by atoms with Gasteiger partial charge in [-0.2, -0.15) is 0 Å². The molecule has 0 heterocycles. The number of nitrogens with two attached hydrogens (primary N) is 1. The minimum Gasteiger partial charge on any atom is -0.497 e. The van der Waals surface area contributed by atoms with Crippen LogP contribution in [0.3, 0.4) is 0 Å². The summed E-state index contributed by atoms with van der Waals surface area (Å²) in [5.41, 5.74) is 6.45. The normalized spacial score (nSPS) is 11.3. The number of benzene rings is 1. The Morgan fingerprint density at radius 2 is 1.92 bits per heavy atom. The van der Waals surface area contributed by atoms with Crippen molar-refractivity contribution in [2.75, 3.05) is 7.11 Å². The molecule has 0 aliphatic heterocycles. The highest BCUT2D eigenvalue weighted by molar-refractivity contribution is 5.38. The lowest BCUT2D eigenvalue weighted by atomic mass is 10.2. The van der Waals surface area contributed by atoms with Gasteiger partial charge in [0.15, 0.2) is 0 Å². The van der Waals surface area contributed by atoms with Crippen LogP contribution in [0, 0.1) is 11.8 Å². The Labute approximate surface area is 78.7 Å². The van der Waals surface area contributed by atoms with Gasteiger partial charge >= 0.3 is 0 Å². The van der Waals surface area contributed by atoms with Gasteiger partial charge in [-0.1, -0.05) is 11.8 Å². The van der Waals surface area contributed by atoms with E-state index in [1.54, 1.807) is 7.11 Å². The first-order chi connectivity index (χ1) is 6.22. The third-order valence-corrected chi connectivity index (χ3v) is 1.53. The Hall–Kier alpha value is -1.46. The second kappa shape index (κ2) is 4.54. The monoisotopic (exact) mass is 175 g/mol. The molecule has 68 valence electrons. The molecule has 0 saturated heterocycles. The van der Waals surface area contributed by atoms with E-state index in [-0.39, 0.29) is 6.04 Å². The van der Waals surface area contributed by atoms with Gasteiger partial charge in [0.2, 0.25) is 0 Å². The number of rotatable bonds is 1. The highest BCUT2D eigenvalue weighted by atomic mass is 16.5. The van der Waals surface area contributed by atoms with Crippen molar-refractivity contribution in [1.82, 2.24) is 0 Å². The molecule has 0 spiro atoms. The molecular weight excluding hydrogens is 162 g/mol.